The van der Waals surface area contributed by atoms with E-state index in [1.54, 1.807) is 18.2 Å². The number of ether oxygens (including phenoxy) is 2. The third kappa shape index (κ3) is 3.51. The van der Waals surface area contributed by atoms with Crippen molar-refractivity contribution in [1.29, 1.82) is 0 Å². The molecule has 0 amide bonds. The van der Waals surface area contributed by atoms with Crippen molar-refractivity contribution in [3.05, 3.63) is 62.3 Å². The van der Waals surface area contributed by atoms with Gasteiger partial charge in [0.15, 0.2) is 5.76 Å². The summed E-state index contributed by atoms with van der Waals surface area (Å²) < 4.78 is 12.2. The molecule has 2 heterocycles. The lowest BCUT2D eigenvalue weighted by molar-refractivity contribution is 0.0393. The van der Waals surface area contributed by atoms with Crippen LogP contribution in [0, 0.1) is 6.92 Å². The molecule has 156 valence electrons. The zero-order chi connectivity index (χ0) is 20.8. The molecule has 0 aromatic heterocycles. The number of fused-ring (bicyclic) bond motifs is 3. The molecule has 1 aliphatic carbocycles. The Morgan fingerprint density at radius 3 is 2.67 bits per heavy atom. The summed E-state index contributed by atoms with van der Waals surface area (Å²) in [5.74, 6) is 1.66. The lowest BCUT2D eigenvalue weighted by Gasteiger charge is -2.37. The van der Waals surface area contributed by atoms with Crippen LogP contribution in [-0.4, -0.2) is 23.5 Å². The molecule has 1 saturated carbocycles. The number of carbonyl (C=O) groups excluding carboxylic acids is 1. The van der Waals surface area contributed by atoms with Gasteiger partial charge < -0.3 is 9.47 Å². The van der Waals surface area contributed by atoms with Crippen LogP contribution in [0.2, 0.25) is 10.0 Å². The fourth-order valence-electron chi connectivity index (χ4n) is 4.68. The summed E-state index contributed by atoms with van der Waals surface area (Å²) in [7, 11) is 0. The molecule has 30 heavy (non-hydrogen) atoms. The van der Waals surface area contributed by atoms with Crippen LogP contribution in [0.1, 0.15) is 59.2 Å². The molecule has 2 aliphatic heterocycles. The van der Waals surface area contributed by atoms with Crippen molar-refractivity contribution < 1.29 is 14.3 Å². The number of aryl methyl sites for hydroxylation is 1. The summed E-state index contributed by atoms with van der Waals surface area (Å²) >= 11 is 12.1. The molecular weight excluding hydrogens is 421 g/mol. The fourth-order valence-corrected chi connectivity index (χ4v) is 4.99. The third-order valence-electron chi connectivity index (χ3n) is 6.28. The summed E-state index contributed by atoms with van der Waals surface area (Å²) in [6, 6.07) is 7.76. The van der Waals surface area contributed by atoms with Crippen molar-refractivity contribution in [1.82, 2.24) is 4.90 Å². The first kappa shape index (κ1) is 19.9. The number of ketones is 1. The van der Waals surface area contributed by atoms with E-state index in [-0.39, 0.29) is 5.78 Å². The highest BCUT2D eigenvalue weighted by Crippen LogP contribution is 2.45. The molecule has 0 spiro atoms. The van der Waals surface area contributed by atoms with Gasteiger partial charge in [-0.2, -0.15) is 0 Å². The molecule has 5 rings (SSSR count). The predicted octanol–water partition coefficient (Wildman–Crippen LogP) is 6.40. The minimum atomic E-state index is -0.105. The van der Waals surface area contributed by atoms with E-state index < -0.39 is 0 Å². The number of carbonyl (C=O) groups is 1. The molecule has 2 aromatic carbocycles. The van der Waals surface area contributed by atoms with Crippen LogP contribution in [0.3, 0.4) is 0 Å². The van der Waals surface area contributed by atoms with Gasteiger partial charge in [-0.1, -0.05) is 48.5 Å². The predicted molar refractivity (Wildman–Crippen MR) is 118 cm³/mol. The van der Waals surface area contributed by atoms with Gasteiger partial charge in [-0.05, 0) is 55.2 Å². The Kier molecular flexibility index (Phi) is 5.26. The highest BCUT2D eigenvalue weighted by molar-refractivity contribution is 6.42. The molecule has 0 bridgehead atoms. The standard InChI is InChI=1S/C24H23Cl2NO3/c1-14-9-20-17(12-27(13-29-20)16-5-3-2-4-6-16)24-22(14)23(28)21(30-24)11-15-7-8-18(25)19(26)10-15/h7-11,16H,2-6,12-13H2,1H3/b21-11-. The van der Waals surface area contributed by atoms with E-state index in [0.29, 0.717) is 39.9 Å². The Balaban J connectivity index is 1.49. The maximum Gasteiger partial charge on any atom is 0.232 e. The van der Waals surface area contributed by atoms with E-state index in [9.17, 15) is 4.79 Å². The fraction of sp³-hybridized carbons (Fsp3) is 0.375. The smallest absolute Gasteiger partial charge is 0.232 e. The van der Waals surface area contributed by atoms with E-state index in [0.717, 1.165) is 29.0 Å². The van der Waals surface area contributed by atoms with E-state index in [4.69, 9.17) is 32.7 Å². The third-order valence-corrected chi connectivity index (χ3v) is 7.02. The van der Waals surface area contributed by atoms with Crippen LogP contribution < -0.4 is 9.47 Å². The normalized spacial score (nSPS) is 20.6. The Bertz CT molecular complexity index is 1060. The SMILES string of the molecule is Cc1cc2c(c3c1C(=O)/C(=C/c1ccc(Cl)c(Cl)c1)O3)CN(C1CCCCC1)CO2. The highest BCUT2D eigenvalue weighted by Gasteiger charge is 2.36. The second kappa shape index (κ2) is 7.92. The van der Waals surface area contributed by atoms with Gasteiger partial charge in [0.05, 0.1) is 21.2 Å². The van der Waals surface area contributed by atoms with Crippen molar-refractivity contribution in [2.24, 2.45) is 0 Å². The molecule has 1 fully saturated rings. The van der Waals surface area contributed by atoms with E-state index in [1.165, 1.54) is 32.1 Å². The Hall–Kier alpha value is -2.01. The lowest BCUT2D eigenvalue weighted by atomic mass is 9.93. The van der Waals surface area contributed by atoms with Crippen LogP contribution in [0.5, 0.6) is 11.5 Å². The van der Waals surface area contributed by atoms with Crippen LogP contribution >= 0.6 is 23.2 Å². The van der Waals surface area contributed by atoms with Crippen molar-refractivity contribution in [2.75, 3.05) is 6.73 Å². The summed E-state index contributed by atoms with van der Waals surface area (Å²) in [6.45, 7) is 3.27. The van der Waals surface area contributed by atoms with Crippen molar-refractivity contribution in [3.63, 3.8) is 0 Å². The lowest BCUT2D eigenvalue weighted by Crippen LogP contribution is -2.41. The number of benzene rings is 2. The number of allylic oxidation sites excluding steroid dienone is 1. The maximum atomic E-state index is 13.1. The monoisotopic (exact) mass is 443 g/mol. The quantitative estimate of drug-likeness (QED) is 0.503. The minimum absolute atomic E-state index is 0.105. The van der Waals surface area contributed by atoms with Gasteiger partial charge in [0.25, 0.3) is 0 Å². The molecule has 0 saturated heterocycles. The van der Waals surface area contributed by atoms with E-state index in [2.05, 4.69) is 4.90 Å². The van der Waals surface area contributed by atoms with Crippen LogP contribution in [0.15, 0.2) is 30.0 Å². The van der Waals surface area contributed by atoms with Gasteiger partial charge in [0, 0.05) is 12.6 Å². The Labute approximate surface area is 186 Å². The summed E-state index contributed by atoms with van der Waals surface area (Å²) in [6.07, 6.45) is 7.98. The zero-order valence-electron chi connectivity index (χ0n) is 16.8. The molecule has 4 nitrogen and oxygen atoms in total. The first-order valence-electron chi connectivity index (χ1n) is 10.4. The first-order chi connectivity index (χ1) is 14.5. The van der Waals surface area contributed by atoms with Gasteiger partial charge >= 0.3 is 0 Å². The summed E-state index contributed by atoms with van der Waals surface area (Å²) in [4.78, 5) is 15.5. The topological polar surface area (TPSA) is 38.8 Å². The molecule has 3 aliphatic rings. The number of hydrogen-bond acceptors (Lipinski definition) is 4. The van der Waals surface area contributed by atoms with Crippen molar-refractivity contribution >= 4 is 35.1 Å². The van der Waals surface area contributed by atoms with Gasteiger partial charge in [-0.3, -0.25) is 9.69 Å². The summed E-state index contributed by atoms with van der Waals surface area (Å²) in [5, 5.41) is 0.921. The average molecular weight is 444 g/mol. The molecule has 6 heteroatoms. The molecule has 0 N–H and O–H groups in total. The van der Waals surface area contributed by atoms with Gasteiger partial charge in [0.2, 0.25) is 5.78 Å². The molecule has 0 atom stereocenters. The van der Waals surface area contributed by atoms with Gasteiger partial charge in [0.1, 0.15) is 18.2 Å². The average Bonchev–Trinajstić information content (AvgIpc) is 3.08. The van der Waals surface area contributed by atoms with E-state index in [1.807, 2.05) is 19.1 Å². The molecule has 0 unspecified atom stereocenters. The number of Topliss-reactive ketones (excluding diaryl/α,β-unsaturated/α-hetero) is 1. The van der Waals surface area contributed by atoms with Crippen molar-refractivity contribution in [2.45, 2.75) is 51.6 Å². The zero-order valence-corrected chi connectivity index (χ0v) is 18.4. The van der Waals surface area contributed by atoms with Crippen LogP contribution in [-0.2, 0) is 6.54 Å². The number of rotatable bonds is 2. The maximum absolute atomic E-state index is 13.1. The molecular formula is C24H23Cl2NO3. The van der Waals surface area contributed by atoms with Gasteiger partial charge in [-0.15, -0.1) is 0 Å². The molecule has 2 aromatic rings. The first-order valence-corrected chi connectivity index (χ1v) is 11.2. The van der Waals surface area contributed by atoms with Crippen LogP contribution in [0.25, 0.3) is 6.08 Å². The van der Waals surface area contributed by atoms with Gasteiger partial charge in [-0.25, -0.2) is 0 Å². The Morgan fingerprint density at radius 1 is 1.10 bits per heavy atom. The van der Waals surface area contributed by atoms with Crippen LogP contribution in [0.4, 0.5) is 0 Å². The van der Waals surface area contributed by atoms with E-state index >= 15 is 0 Å². The number of hydrogen-bond donors (Lipinski definition) is 0. The summed E-state index contributed by atoms with van der Waals surface area (Å²) in [5.41, 5.74) is 3.25. The second-order valence-corrected chi connectivity index (χ2v) is 9.11. The minimum Gasteiger partial charge on any atom is -0.478 e. The largest absolute Gasteiger partial charge is 0.478 e. The second-order valence-electron chi connectivity index (χ2n) is 8.30. The number of nitrogens with zero attached hydrogens (tertiary/aromatic N) is 1. The Morgan fingerprint density at radius 2 is 1.90 bits per heavy atom. The van der Waals surface area contributed by atoms with Crippen molar-refractivity contribution in [3.8, 4) is 11.5 Å². The number of halogens is 2. The highest BCUT2D eigenvalue weighted by atomic mass is 35.5. The molecule has 0 radical (unpaired) electrons.